The van der Waals surface area contributed by atoms with Crippen molar-refractivity contribution in [2.45, 2.75) is 13.0 Å². The zero-order chi connectivity index (χ0) is 25.7. The van der Waals surface area contributed by atoms with Crippen LogP contribution in [0.15, 0.2) is 70.7 Å². The summed E-state index contributed by atoms with van der Waals surface area (Å²) in [6, 6.07) is 14.2. The number of rotatable bonds is 4. The Balaban J connectivity index is 1.72. The van der Waals surface area contributed by atoms with Crippen LogP contribution in [0.4, 0.5) is 5.95 Å². The van der Waals surface area contributed by atoms with Crippen LogP contribution in [0, 0.1) is 6.92 Å². The lowest BCUT2D eigenvalue weighted by Crippen LogP contribution is -2.30. The number of imidazole rings is 1. The van der Waals surface area contributed by atoms with Gasteiger partial charge in [-0.1, -0.05) is 34.1 Å². The van der Waals surface area contributed by atoms with Gasteiger partial charge in [-0.05, 0) is 60.5 Å². The minimum Gasteiger partial charge on any atom is -0.508 e. The molecule has 0 bridgehead atoms. The topological polar surface area (TPSA) is 144 Å². The summed E-state index contributed by atoms with van der Waals surface area (Å²) in [6.45, 7) is 1.83. The predicted octanol–water partition coefficient (Wildman–Crippen LogP) is 4.66. The molecule has 1 fully saturated rings. The number of phenols is 1. The first kappa shape index (κ1) is 23.3. The molecule has 4 aromatic rings. The van der Waals surface area contributed by atoms with E-state index in [2.05, 4.69) is 25.9 Å². The summed E-state index contributed by atoms with van der Waals surface area (Å²) >= 11 is 3.41. The second-order valence-electron chi connectivity index (χ2n) is 8.32. The molecule has 5 rings (SSSR count). The summed E-state index contributed by atoms with van der Waals surface area (Å²) in [4.78, 5) is 46.4. The van der Waals surface area contributed by atoms with E-state index in [1.54, 1.807) is 30.3 Å². The summed E-state index contributed by atoms with van der Waals surface area (Å²) in [7, 11) is 0. The monoisotopic (exact) mass is 547 g/mol. The molecular formula is C26H18BrN3O6. The van der Waals surface area contributed by atoms with Gasteiger partial charge in [0.15, 0.2) is 0 Å². The van der Waals surface area contributed by atoms with Crippen molar-refractivity contribution in [1.82, 2.24) is 9.97 Å². The standard InChI is InChI=1S/C26H18BrN3O6/c1-12-10-14(4-8-17(12)27)22(32)20-21(13-2-6-16(31)7-3-13)30(24(34)23(20)33)26-28-18-9-5-15(25(35)36)11-19(18)29-26/h2-11,21,31-32H,1H3,(H,28,29)(H,35,36)/b22-20+. The highest BCUT2D eigenvalue weighted by atomic mass is 79.9. The van der Waals surface area contributed by atoms with E-state index in [0.29, 0.717) is 22.2 Å². The number of hydrogen-bond donors (Lipinski definition) is 4. The molecule has 180 valence electrons. The highest BCUT2D eigenvalue weighted by Gasteiger charge is 2.48. The number of nitrogens with zero attached hydrogens (tertiary/aromatic N) is 2. The Hall–Kier alpha value is -4.44. The van der Waals surface area contributed by atoms with E-state index in [4.69, 9.17) is 0 Å². The van der Waals surface area contributed by atoms with Gasteiger partial charge in [-0.15, -0.1) is 0 Å². The molecular weight excluding hydrogens is 530 g/mol. The maximum atomic E-state index is 13.3. The molecule has 2 heterocycles. The van der Waals surface area contributed by atoms with Gasteiger partial charge in [-0.25, -0.2) is 9.78 Å². The zero-order valence-electron chi connectivity index (χ0n) is 18.7. The third-order valence-electron chi connectivity index (χ3n) is 6.03. The fraction of sp³-hybridized carbons (Fsp3) is 0.0769. The molecule has 1 atom stereocenters. The first-order valence-corrected chi connectivity index (χ1v) is 11.5. The Labute approximate surface area is 212 Å². The number of amides is 1. The lowest BCUT2D eigenvalue weighted by atomic mass is 9.95. The molecule has 3 aromatic carbocycles. The predicted molar refractivity (Wildman–Crippen MR) is 135 cm³/mol. The highest BCUT2D eigenvalue weighted by Crippen LogP contribution is 2.42. The number of aliphatic hydroxyl groups is 1. The number of aryl methyl sites for hydroxylation is 1. The fourth-order valence-electron chi connectivity index (χ4n) is 4.21. The van der Waals surface area contributed by atoms with Crippen molar-refractivity contribution in [3.63, 3.8) is 0 Å². The van der Waals surface area contributed by atoms with E-state index < -0.39 is 23.7 Å². The van der Waals surface area contributed by atoms with E-state index in [1.165, 1.54) is 30.3 Å². The lowest BCUT2D eigenvalue weighted by molar-refractivity contribution is -0.132. The van der Waals surface area contributed by atoms with Crippen molar-refractivity contribution in [1.29, 1.82) is 0 Å². The molecule has 1 aliphatic heterocycles. The van der Waals surface area contributed by atoms with Crippen LogP contribution in [0.1, 0.15) is 33.1 Å². The molecule has 1 amide bonds. The molecule has 0 aliphatic carbocycles. The maximum absolute atomic E-state index is 13.3. The first-order chi connectivity index (χ1) is 17.2. The molecule has 1 aromatic heterocycles. The van der Waals surface area contributed by atoms with Gasteiger partial charge in [0.05, 0.1) is 28.2 Å². The van der Waals surface area contributed by atoms with E-state index in [0.717, 1.165) is 14.9 Å². The van der Waals surface area contributed by atoms with Crippen LogP contribution < -0.4 is 4.90 Å². The third kappa shape index (κ3) is 3.81. The molecule has 1 unspecified atom stereocenters. The number of carbonyl (C=O) groups excluding carboxylic acids is 2. The number of carboxylic acids is 1. The number of aromatic hydroxyl groups is 1. The molecule has 36 heavy (non-hydrogen) atoms. The average molecular weight is 548 g/mol. The summed E-state index contributed by atoms with van der Waals surface area (Å²) in [5.74, 6) is -3.29. The SMILES string of the molecule is Cc1cc(/C(O)=C2\C(=O)C(=O)N(c3nc4ccc(C(=O)O)cc4[nH]3)C2c2ccc(O)cc2)ccc1Br. The van der Waals surface area contributed by atoms with Crippen molar-refractivity contribution in [3.05, 3.63) is 93.0 Å². The third-order valence-corrected chi connectivity index (χ3v) is 6.92. The van der Waals surface area contributed by atoms with Crippen LogP contribution in [0.25, 0.3) is 16.8 Å². The van der Waals surface area contributed by atoms with Crippen molar-refractivity contribution >= 4 is 56.3 Å². The second kappa shape index (κ2) is 8.65. The van der Waals surface area contributed by atoms with Crippen LogP contribution >= 0.6 is 15.9 Å². The number of halogens is 1. The summed E-state index contributed by atoms with van der Waals surface area (Å²) in [5.41, 5.74) is 2.27. The zero-order valence-corrected chi connectivity index (χ0v) is 20.3. The number of H-pyrrole nitrogens is 1. The molecule has 10 heteroatoms. The Bertz CT molecular complexity index is 1610. The van der Waals surface area contributed by atoms with Gasteiger partial charge in [0.25, 0.3) is 5.78 Å². The van der Waals surface area contributed by atoms with Crippen LogP contribution in [-0.2, 0) is 9.59 Å². The van der Waals surface area contributed by atoms with Gasteiger partial charge in [-0.2, -0.15) is 0 Å². The molecule has 1 aliphatic rings. The first-order valence-electron chi connectivity index (χ1n) is 10.7. The quantitative estimate of drug-likeness (QED) is 0.165. The number of aromatic amines is 1. The normalized spacial score (nSPS) is 17.2. The van der Waals surface area contributed by atoms with Crippen LogP contribution in [-0.4, -0.2) is 42.9 Å². The van der Waals surface area contributed by atoms with Crippen molar-refractivity contribution < 1.29 is 29.7 Å². The van der Waals surface area contributed by atoms with Crippen LogP contribution in [0.2, 0.25) is 0 Å². The largest absolute Gasteiger partial charge is 0.508 e. The van der Waals surface area contributed by atoms with Crippen molar-refractivity contribution in [2.75, 3.05) is 4.90 Å². The smallest absolute Gasteiger partial charge is 0.335 e. The molecule has 9 nitrogen and oxygen atoms in total. The fourth-order valence-corrected chi connectivity index (χ4v) is 4.46. The van der Waals surface area contributed by atoms with Gasteiger partial charge in [-0.3, -0.25) is 14.5 Å². The van der Waals surface area contributed by atoms with E-state index in [-0.39, 0.29) is 28.6 Å². The summed E-state index contributed by atoms with van der Waals surface area (Å²) in [6.07, 6.45) is 0. The number of aromatic carboxylic acids is 1. The number of phenolic OH excluding ortho intramolecular Hbond substituents is 1. The minimum atomic E-state index is -1.12. The van der Waals surface area contributed by atoms with Gasteiger partial charge in [0, 0.05) is 10.0 Å². The van der Waals surface area contributed by atoms with Crippen molar-refractivity contribution in [3.8, 4) is 5.75 Å². The number of fused-ring (bicyclic) bond motifs is 1. The summed E-state index contributed by atoms with van der Waals surface area (Å²) in [5, 5.41) is 30.3. The Morgan fingerprint density at radius 3 is 2.36 bits per heavy atom. The van der Waals surface area contributed by atoms with Crippen molar-refractivity contribution in [2.24, 2.45) is 0 Å². The Morgan fingerprint density at radius 2 is 1.69 bits per heavy atom. The summed E-state index contributed by atoms with van der Waals surface area (Å²) < 4.78 is 0.817. The maximum Gasteiger partial charge on any atom is 0.335 e. The number of Topliss-reactive ketones (excluding diaryl/α,β-unsaturated/α-hetero) is 1. The number of benzene rings is 3. The van der Waals surface area contributed by atoms with Crippen LogP contribution in [0.5, 0.6) is 5.75 Å². The lowest BCUT2D eigenvalue weighted by Gasteiger charge is -2.23. The molecule has 0 radical (unpaired) electrons. The van der Waals surface area contributed by atoms with Crippen LogP contribution in [0.3, 0.4) is 0 Å². The highest BCUT2D eigenvalue weighted by molar-refractivity contribution is 9.10. The molecule has 0 saturated carbocycles. The van der Waals surface area contributed by atoms with Gasteiger partial charge >= 0.3 is 11.9 Å². The number of hydrogen-bond acceptors (Lipinski definition) is 6. The van der Waals surface area contributed by atoms with E-state index >= 15 is 0 Å². The van der Waals surface area contributed by atoms with Gasteiger partial charge in [0.1, 0.15) is 11.5 Å². The Morgan fingerprint density at radius 1 is 1.00 bits per heavy atom. The molecule has 4 N–H and O–H groups in total. The molecule has 0 spiro atoms. The number of nitrogens with one attached hydrogen (secondary N) is 1. The minimum absolute atomic E-state index is 0.0100. The molecule has 1 saturated heterocycles. The van der Waals surface area contributed by atoms with E-state index in [1.807, 2.05) is 6.92 Å². The second-order valence-corrected chi connectivity index (χ2v) is 9.18. The number of carboxylic acid groups (broad SMARTS) is 1. The van der Waals surface area contributed by atoms with E-state index in [9.17, 15) is 29.7 Å². The average Bonchev–Trinajstić information content (AvgIpc) is 3.38. The number of anilines is 1. The number of carbonyl (C=O) groups is 3. The number of aliphatic hydroxyl groups excluding tert-OH is 1. The number of ketones is 1. The van der Waals surface area contributed by atoms with Gasteiger partial charge < -0.3 is 20.3 Å². The van der Waals surface area contributed by atoms with Gasteiger partial charge in [0.2, 0.25) is 5.95 Å². The number of aromatic nitrogens is 2. The Kier molecular flexibility index (Phi) is 5.60.